The van der Waals surface area contributed by atoms with Gasteiger partial charge in [-0.05, 0) is 24.3 Å². The van der Waals surface area contributed by atoms with Crippen molar-refractivity contribution >= 4 is 28.9 Å². The van der Waals surface area contributed by atoms with Gasteiger partial charge < -0.3 is 16.0 Å². The van der Waals surface area contributed by atoms with E-state index in [1.807, 2.05) is 0 Å². The van der Waals surface area contributed by atoms with Crippen LogP contribution in [0, 0.1) is 5.82 Å². The van der Waals surface area contributed by atoms with Gasteiger partial charge in [-0.25, -0.2) is 4.39 Å². The standard InChI is InChI=1S/C11H9ClFN3O/c12-8-2-1-7(4-9(8)13)16-11(17)10-3-6(14)5-15-10/h1-5,15H,14H2,(H,16,17). The molecular weight excluding hydrogens is 245 g/mol. The largest absolute Gasteiger partial charge is 0.397 e. The topological polar surface area (TPSA) is 70.9 Å². The third kappa shape index (κ3) is 2.57. The van der Waals surface area contributed by atoms with Crippen LogP contribution in [-0.4, -0.2) is 10.9 Å². The van der Waals surface area contributed by atoms with E-state index in [-0.39, 0.29) is 5.02 Å². The van der Waals surface area contributed by atoms with Crippen molar-refractivity contribution in [2.75, 3.05) is 11.1 Å². The van der Waals surface area contributed by atoms with Gasteiger partial charge in [-0.3, -0.25) is 4.79 Å². The summed E-state index contributed by atoms with van der Waals surface area (Å²) < 4.78 is 13.1. The molecule has 0 spiro atoms. The van der Waals surface area contributed by atoms with E-state index in [1.54, 1.807) is 0 Å². The Kier molecular flexibility index (Phi) is 3.01. The first-order chi connectivity index (χ1) is 8.06. The van der Waals surface area contributed by atoms with Crippen LogP contribution in [0.5, 0.6) is 0 Å². The van der Waals surface area contributed by atoms with E-state index in [2.05, 4.69) is 10.3 Å². The molecule has 1 aromatic heterocycles. The van der Waals surface area contributed by atoms with Gasteiger partial charge >= 0.3 is 0 Å². The van der Waals surface area contributed by atoms with Crippen molar-refractivity contribution in [3.05, 3.63) is 47.0 Å². The van der Waals surface area contributed by atoms with Crippen molar-refractivity contribution in [3.63, 3.8) is 0 Å². The van der Waals surface area contributed by atoms with Crippen molar-refractivity contribution in [2.45, 2.75) is 0 Å². The van der Waals surface area contributed by atoms with Crippen LogP contribution >= 0.6 is 11.6 Å². The lowest BCUT2D eigenvalue weighted by Crippen LogP contribution is -2.12. The molecule has 0 aliphatic carbocycles. The predicted octanol–water partition coefficient (Wildman–Crippen LogP) is 2.64. The smallest absolute Gasteiger partial charge is 0.272 e. The van der Waals surface area contributed by atoms with E-state index in [9.17, 15) is 9.18 Å². The summed E-state index contributed by atoms with van der Waals surface area (Å²) in [4.78, 5) is 14.4. The number of nitrogen functional groups attached to an aromatic ring is 1. The predicted molar refractivity (Wildman–Crippen MR) is 64.6 cm³/mol. The molecule has 2 aromatic rings. The van der Waals surface area contributed by atoms with Crippen LogP contribution in [0.1, 0.15) is 10.5 Å². The average Bonchev–Trinajstić information content (AvgIpc) is 2.70. The Balaban J connectivity index is 2.15. The maximum atomic E-state index is 13.1. The summed E-state index contributed by atoms with van der Waals surface area (Å²) in [6.07, 6.45) is 1.50. The lowest BCUT2D eigenvalue weighted by molar-refractivity contribution is 0.102. The molecule has 4 nitrogen and oxygen atoms in total. The Morgan fingerprint density at radius 1 is 1.41 bits per heavy atom. The molecule has 2 rings (SSSR count). The van der Waals surface area contributed by atoms with E-state index < -0.39 is 11.7 Å². The molecule has 88 valence electrons. The minimum Gasteiger partial charge on any atom is -0.397 e. The zero-order valence-electron chi connectivity index (χ0n) is 8.63. The van der Waals surface area contributed by atoms with Crippen LogP contribution in [0.3, 0.4) is 0 Å². The van der Waals surface area contributed by atoms with Gasteiger partial charge in [0, 0.05) is 17.6 Å². The van der Waals surface area contributed by atoms with Crippen LogP contribution in [0.2, 0.25) is 5.02 Å². The molecule has 1 amide bonds. The minimum atomic E-state index is -0.588. The maximum Gasteiger partial charge on any atom is 0.272 e. The number of H-pyrrole nitrogens is 1. The number of halogens is 2. The maximum absolute atomic E-state index is 13.1. The highest BCUT2D eigenvalue weighted by molar-refractivity contribution is 6.30. The molecule has 17 heavy (non-hydrogen) atoms. The molecule has 0 aliphatic heterocycles. The van der Waals surface area contributed by atoms with Gasteiger partial charge in [0.1, 0.15) is 11.5 Å². The molecule has 0 unspecified atom stereocenters. The fourth-order valence-corrected chi connectivity index (χ4v) is 1.43. The summed E-state index contributed by atoms with van der Waals surface area (Å²) in [7, 11) is 0. The monoisotopic (exact) mass is 253 g/mol. The quantitative estimate of drug-likeness (QED) is 0.770. The molecule has 1 heterocycles. The van der Waals surface area contributed by atoms with E-state index in [0.29, 0.717) is 17.1 Å². The average molecular weight is 254 g/mol. The molecule has 0 fully saturated rings. The van der Waals surface area contributed by atoms with E-state index in [0.717, 1.165) is 6.07 Å². The van der Waals surface area contributed by atoms with Gasteiger partial charge in [-0.2, -0.15) is 0 Å². The van der Waals surface area contributed by atoms with Gasteiger partial charge in [0.2, 0.25) is 0 Å². The van der Waals surface area contributed by atoms with E-state index >= 15 is 0 Å². The molecular formula is C11H9ClFN3O. The van der Waals surface area contributed by atoms with Crippen LogP contribution in [-0.2, 0) is 0 Å². The minimum absolute atomic E-state index is 0.00659. The number of hydrogen-bond donors (Lipinski definition) is 3. The Hall–Kier alpha value is -2.01. The van der Waals surface area contributed by atoms with Crippen molar-refractivity contribution in [1.82, 2.24) is 4.98 Å². The number of carbonyl (C=O) groups is 1. The zero-order valence-corrected chi connectivity index (χ0v) is 9.38. The fraction of sp³-hybridized carbons (Fsp3) is 0. The molecule has 6 heteroatoms. The SMILES string of the molecule is Nc1c[nH]c(C(=O)Nc2ccc(Cl)c(F)c2)c1. The van der Waals surface area contributed by atoms with E-state index in [1.165, 1.54) is 24.4 Å². The highest BCUT2D eigenvalue weighted by Gasteiger charge is 2.09. The molecule has 0 aliphatic rings. The second-order valence-electron chi connectivity index (χ2n) is 3.43. The lowest BCUT2D eigenvalue weighted by Gasteiger charge is -2.04. The first-order valence-corrected chi connectivity index (χ1v) is 5.14. The van der Waals surface area contributed by atoms with Gasteiger partial charge in [0.15, 0.2) is 0 Å². The Bertz CT molecular complexity index is 568. The molecule has 0 bridgehead atoms. The van der Waals surface area contributed by atoms with Crippen LogP contribution in [0.25, 0.3) is 0 Å². The second-order valence-corrected chi connectivity index (χ2v) is 3.84. The number of anilines is 2. The highest BCUT2D eigenvalue weighted by atomic mass is 35.5. The molecule has 0 atom stereocenters. The molecule has 0 saturated heterocycles. The van der Waals surface area contributed by atoms with Gasteiger partial charge in [0.05, 0.1) is 5.02 Å². The van der Waals surface area contributed by atoms with Crippen LogP contribution in [0.15, 0.2) is 30.5 Å². The third-order valence-corrected chi connectivity index (χ3v) is 2.43. The number of hydrogen-bond acceptors (Lipinski definition) is 2. The lowest BCUT2D eigenvalue weighted by atomic mass is 10.3. The summed E-state index contributed by atoms with van der Waals surface area (Å²) in [5, 5.41) is 2.52. The normalized spacial score (nSPS) is 10.2. The first kappa shape index (κ1) is 11.5. The summed E-state index contributed by atoms with van der Waals surface area (Å²) in [5.74, 6) is -0.987. The summed E-state index contributed by atoms with van der Waals surface area (Å²) >= 11 is 5.53. The van der Waals surface area contributed by atoms with Gasteiger partial charge in [0.25, 0.3) is 5.91 Å². The number of carbonyl (C=O) groups excluding carboxylic acids is 1. The summed E-state index contributed by atoms with van der Waals surface area (Å²) in [5.41, 5.74) is 6.55. The number of benzene rings is 1. The number of aromatic nitrogens is 1. The Labute approximate surface area is 102 Å². The fourth-order valence-electron chi connectivity index (χ4n) is 1.31. The van der Waals surface area contributed by atoms with Crippen molar-refractivity contribution in [2.24, 2.45) is 0 Å². The zero-order chi connectivity index (χ0) is 12.4. The van der Waals surface area contributed by atoms with Gasteiger partial charge in [-0.15, -0.1) is 0 Å². The summed E-state index contributed by atoms with van der Waals surface area (Å²) in [6, 6.07) is 5.51. The van der Waals surface area contributed by atoms with E-state index in [4.69, 9.17) is 17.3 Å². The molecule has 1 aromatic carbocycles. The Morgan fingerprint density at radius 3 is 2.76 bits per heavy atom. The first-order valence-electron chi connectivity index (χ1n) is 4.76. The van der Waals surface area contributed by atoms with Crippen LogP contribution in [0.4, 0.5) is 15.8 Å². The van der Waals surface area contributed by atoms with Crippen molar-refractivity contribution in [1.29, 1.82) is 0 Å². The number of aromatic amines is 1. The molecule has 0 saturated carbocycles. The van der Waals surface area contributed by atoms with Gasteiger partial charge in [-0.1, -0.05) is 11.6 Å². The number of amides is 1. The third-order valence-electron chi connectivity index (χ3n) is 2.13. The number of nitrogens with one attached hydrogen (secondary N) is 2. The molecule has 4 N–H and O–H groups in total. The number of rotatable bonds is 2. The van der Waals surface area contributed by atoms with Crippen molar-refractivity contribution < 1.29 is 9.18 Å². The van der Waals surface area contributed by atoms with Crippen LogP contribution < -0.4 is 11.1 Å². The molecule has 0 radical (unpaired) electrons. The Morgan fingerprint density at radius 2 is 2.18 bits per heavy atom. The second kappa shape index (κ2) is 4.47. The summed E-state index contributed by atoms with van der Waals surface area (Å²) in [6.45, 7) is 0. The highest BCUT2D eigenvalue weighted by Crippen LogP contribution is 2.19. The van der Waals surface area contributed by atoms with Crippen molar-refractivity contribution in [3.8, 4) is 0 Å². The number of nitrogens with two attached hydrogens (primary N) is 1.